The van der Waals surface area contributed by atoms with Crippen LogP contribution in [0.2, 0.25) is 0 Å². The summed E-state index contributed by atoms with van der Waals surface area (Å²) in [6.07, 6.45) is 2.73. The molecule has 1 unspecified atom stereocenters. The third-order valence-electron chi connectivity index (χ3n) is 3.10. The first-order valence-corrected chi connectivity index (χ1v) is 5.41. The van der Waals surface area contributed by atoms with Gasteiger partial charge in [0.2, 0.25) is 0 Å². The summed E-state index contributed by atoms with van der Waals surface area (Å²) in [5.41, 5.74) is 5.49. The summed E-state index contributed by atoms with van der Waals surface area (Å²) in [5, 5.41) is 11.5. The smallest absolute Gasteiger partial charge is 0.140 e. The third kappa shape index (κ3) is 3.68. The Kier molecular flexibility index (Phi) is 4.84. The number of amidine groups is 1. The molecule has 15 heavy (non-hydrogen) atoms. The Morgan fingerprint density at radius 1 is 1.60 bits per heavy atom. The summed E-state index contributed by atoms with van der Waals surface area (Å²) < 4.78 is 5.32. The predicted molar refractivity (Wildman–Crippen MR) is 59.1 cm³/mol. The number of oxime groups is 1. The van der Waals surface area contributed by atoms with Crippen LogP contribution < -0.4 is 5.73 Å². The Hall–Kier alpha value is -0.810. The lowest BCUT2D eigenvalue weighted by Gasteiger charge is -2.35. The molecule has 0 spiro atoms. The van der Waals surface area contributed by atoms with Crippen molar-refractivity contribution in [2.75, 3.05) is 20.3 Å². The molecule has 1 fully saturated rings. The zero-order chi connectivity index (χ0) is 11.3. The first-order valence-electron chi connectivity index (χ1n) is 5.41. The molecule has 0 radical (unpaired) electrons. The summed E-state index contributed by atoms with van der Waals surface area (Å²) in [6, 6.07) is 0.851. The molecule has 0 aromatic carbocycles. The summed E-state index contributed by atoms with van der Waals surface area (Å²) in [5.74, 6) is 0.293. The number of nitrogens with two attached hydrogens (primary N) is 1. The van der Waals surface area contributed by atoms with E-state index < -0.39 is 0 Å². The van der Waals surface area contributed by atoms with Crippen molar-refractivity contribution in [3.05, 3.63) is 0 Å². The van der Waals surface area contributed by atoms with Crippen LogP contribution in [-0.4, -0.2) is 48.3 Å². The Morgan fingerprint density at radius 2 is 2.20 bits per heavy atom. The van der Waals surface area contributed by atoms with E-state index in [-0.39, 0.29) is 0 Å². The fraction of sp³-hybridized carbons (Fsp3) is 0.900. The fourth-order valence-electron chi connectivity index (χ4n) is 1.94. The molecule has 0 aromatic heterocycles. The molecular weight excluding hydrogens is 194 g/mol. The van der Waals surface area contributed by atoms with E-state index in [1.807, 2.05) is 0 Å². The number of hydrogen-bond donors (Lipinski definition) is 2. The van der Waals surface area contributed by atoms with Gasteiger partial charge in [-0.15, -0.1) is 0 Å². The maximum atomic E-state index is 8.50. The molecule has 1 atom stereocenters. The van der Waals surface area contributed by atoms with Crippen molar-refractivity contribution in [1.29, 1.82) is 0 Å². The van der Waals surface area contributed by atoms with Gasteiger partial charge in [-0.05, 0) is 26.8 Å². The van der Waals surface area contributed by atoms with E-state index in [4.69, 9.17) is 15.7 Å². The molecule has 1 rings (SSSR count). The van der Waals surface area contributed by atoms with Gasteiger partial charge in [-0.1, -0.05) is 5.16 Å². The second-order valence-electron chi connectivity index (χ2n) is 4.15. The van der Waals surface area contributed by atoms with Crippen LogP contribution in [-0.2, 0) is 4.74 Å². The number of rotatable bonds is 4. The molecule has 88 valence electrons. The van der Waals surface area contributed by atoms with E-state index in [1.54, 1.807) is 0 Å². The van der Waals surface area contributed by atoms with Gasteiger partial charge in [-0.25, -0.2) is 0 Å². The topological polar surface area (TPSA) is 71.1 Å². The van der Waals surface area contributed by atoms with Crippen LogP contribution in [0.25, 0.3) is 0 Å². The van der Waals surface area contributed by atoms with Gasteiger partial charge in [-0.2, -0.15) is 0 Å². The molecule has 0 amide bonds. The Morgan fingerprint density at radius 3 is 2.73 bits per heavy atom. The van der Waals surface area contributed by atoms with Crippen molar-refractivity contribution in [2.24, 2.45) is 10.9 Å². The van der Waals surface area contributed by atoms with Crippen LogP contribution in [0.15, 0.2) is 5.16 Å². The molecule has 1 aliphatic rings. The number of ether oxygens (including phenoxy) is 1. The molecule has 3 N–H and O–H groups in total. The molecule has 0 bridgehead atoms. The summed E-state index contributed by atoms with van der Waals surface area (Å²) >= 11 is 0. The molecule has 1 saturated heterocycles. The second kappa shape index (κ2) is 5.92. The van der Waals surface area contributed by atoms with E-state index in [0.717, 1.165) is 26.1 Å². The van der Waals surface area contributed by atoms with Crippen molar-refractivity contribution in [1.82, 2.24) is 4.90 Å². The Labute approximate surface area is 90.9 Å². The molecule has 5 nitrogen and oxygen atoms in total. The fourth-order valence-corrected chi connectivity index (χ4v) is 1.94. The average molecular weight is 215 g/mol. The van der Waals surface area contributed by atoms with E-state index in [1.165, 1.54) is 0 Å². The summed E-state index contributed by atoms with van der Waals surface area (Å²) in [6.45, 7) is 3.77. The quantitative estimate of drug-likeness (QED) is 0.312. The lowest BCUT2D eigenvalue weighted by molar-refractivity contribution is 0.0320. The number of nitrogens with zero attached hydrogens (tertiary/aromatic N) is 2. The van der Waals surface area contributed by atoms with Gasteiger partial charge >= 0.3 is 0 Å². The van der Waals surface area contributed by atoms with Crippen molar-refractivity contribution in [2.45, 2.75) is 38.3 Å². The third-order valence-corrected chi connectivity index (χ3v) is 3.10. The van der Waals surface area contributed by atoms with E-state index in [9.17, 15) is 0 Å². The minimum atomic E-state index is 0.293. The van der Waals surface area contributed by atoms with E-state index in [0.29, 0.717) is 24.3 Å². The van der Waals surface area contributed by atoms with Crippen LogP contribution in [0.4, 0.5) is 0 Å². The van der Waals surface area contributed by atoms with E-state index in [2.05, 4.69) is 24.0 Å². The highest BCUT2D eigenvalue weighted by atomic mass is 16.5. The maximum Gasteiger partial charge on any atom is 0.140 e. The van der Waals surface area contributed by atoms with E-state index >= 15 is 0 Å². The van der Waals surface area contributed by atoms with Crippen LogP contribution in [0, 0.1) is 0 Å². The molecular formula is C10H21N3O2. The standard InChI is InChI=1S/C10H21N3O2/c1-8(7-10(11)12-14)13(2)9-3-5-15-6-4-9/h8-9,14H,3-7H2,1-2H3,(H2,11,12). The predicted octanol–water partition coefficient (Wildman–Crippen LogP) is 0.622. The zero-order valence-electron chi connectivity index (χ0n) is 9.52. The van der Waals surface area contributed by atoms with Gasteiger partial charge in [0.1, 0.15) is 5.84 Å². The zero-order valence-corrected chi connectivity index (χ0v) is 9.52. The van der Waals surface area contributed by atoms with Crippen molar-refractivity contribution < 1.29 is 9.94 Å². The highest BCUT2D eigenvalue weighted by molar-refractivity contribution is 5.80. The maximum absolute atomic E-state index is 8.50. The Bertz CT molecular complexity index is 215. The highest BCUT2D eigenvalue weighted by Gasteiger charge is 2.22. The minimum absolute atomic E-state index is 0.293. The Balaban J connectivity index is 2.40. The number of hydrogen-bond acceptors (Lipinski definition) is 4. The molecule has 5 heteroatoms. The largest absolute Gasteiger partial charge is 0.409 e. The minimum Gasteiger partial charge on any atom is -0.409 e. The molecule has 1 heterocycles. The van der Waals surface area contributed by atoms with Crippen LogP contribution in [0.5, 0.6) is 0 Å². The second-order valence-corrected chi connectivity index (χ2v) is 4.15. The van der Waals surface area contributed by atoms with Crippen LogP contribution >= 0.6 is 0 Å². The lowest BCUT2D eigenvalue weighted by Crippen LogP contribution is -2.43. The van der Waals surface area contributed by atoms with Crippen LogP contribution in [0.1, 0.15) is 26.2 Å². The van der Waals surface area contributed by atoms with Gasteiger partial charge < -0.3 is 20.6 Å². The van der Waals surface area contributed by atoms with Crippen LogP contribution in [0.3, 0.4) is 0 Å². The normalized spacial score (nSPS) is 21.9. The molecule has 0 saturated carbocycles. The first-order chi connectivity index (χ1) is 7.15. The molecule has 1 aliphatic heterocycles. The van der Waals surface area contributed by atoms with Crippen molar-refractivity contribution >= 4 is 5.84 Å². The monoisotopic (exact) mass is 215 g/mol. The van der Waals surface area contributed by atoms with Crippen molar-refractivity contribution in [3.63, 3.8) is 0 Å². The van der Waals surface area contributed by atoms with Gasteiger partial charge in [0, 0.05) is 31.7 Å². The summed E-state index contributed by atoms with van der Waals surface area (Å²) in [4.78, 5) is 2.29. The van der Waals surface area contributed by atoms with Crippen molar-refractivity contribution in [3.8, 4) is 0 Å². The first kappa shape index (κ1) is 12.3. The summed E-state index contributed by atoms with van der Waals surface area (Å²) in [7, 11) is 2.09. The lowest BCUT2D eigenvalue weighted by atomic mass is 10.0. The van der Waals surface area contributed by atoms with Gasteiger partial charge in [-0.3, -0.25) is 0 Å². The van der Waals surface area contributed by atoms with Gasteiger partial charge in [0.25, 0.3) is 0 Å². The van der Waals surface area contributed by atoms with Gasteiger partial charge in [0.15, 0.2) is 0 Å². The molecule has 0 aliphatic carbocycles. The molecule has 0 aromatic rings. The highest BCUT2D eigenvalue weighted by Crippen LogP contribution is 2.16. The van der Waals surface area contributed by atoms with Gasteiger partial charge in [0.05, 0.1) is 0 Å². The average Bonchev–Trinajstić information content (AvgIpc) is 2.29. The SMILES string of the molecule is CC(CC(N)=NO)N(C)C1CCOCC1.